The number of para-hydroxylation sites is 1. The molecular formula is C10H8N2O3. The average molecular weight is 204 g/mol. The van der Waals surface area contributed by atoms with Gasteiger partial charge in [-0.15, -0.1) is 0 Å². The average Bonchev–Trinajstić information content (AvgIpc) is 2.17. The first-order chi connectivity index (χ1) is 7.11. The number of nitrogens with one attached hydrogen (secondary N) is 1. The van der Waals surface area contributed by atoms with E-state index in [-0.39, 0.29) is 5.75 Å². The maximum Gasteiger partial charge on any atom is 0.265 e. The number of carbonyl (C=O) groups is 1. The van der Waals surface area contributed by atoms with Gasteiger partial charge < -0.3 is 15.8 Å². The van der Waals surface area contributed by atoms with Crippen molar-refractivity contribution in [3.05, 3.63) is 40.2 Å². The van der Waals surface area contributed by atoms with Crippen LogP contribution in [-0.2, 0) is 0 Å². The highest BCUT2D eigenvalue weighted by atomic mass is 16.3. The molecule has 1 aromatic carbocycles. The minimum Gasteiger partial charge on any atom is -0.506 e. The number of primary amides is 1. The third kappa shape index (κ3) is 1.34. The number of H-pyrrole nitrogens is 1. The minimum atomic E-state index is -0.945. The second-order valence-corrected chi connectivity index (χ2v) is 3.09. The number of aromatic hydroxyl groups is 1. The van der Waals surface area contributed by atoms with Gasteiger partial charge in [0.15, 0.2) is 0 Å². The second-order valence-electron chi connectivity index (χ2n) is 3.09. The molecule has 1 amide bonds. The number of nitrogens with two attached hydrogens (primary N) is 1. The summed E-state index contributed by atoms with van der Waals surface area (Å²) in [6, 6.07) is 6.61. The van der Waals surface area contributed by atoms with Crippen LogP contribution < -0.4 is 11.3 Å². The molecule has 0 spiro atoms. The van der Waals surface area contributed by atoms with Gasteiger partial charge in [0.1, 0.15) is 11.3 Å². The van der Waals surface area contributed by atoms with E-state index < -0.39 is 17.0 Å². The van der Waals surface area contributed by atoms with Crippen molar-refractivity contribution in [3.8, 4) is 5.75 Å². The Morgan fingerprint density at radius 1 is 1.33 bits per heavy atom. The molecule has 1 aromatic heterocycles. The number of aromatic nitrogens is 1. The lowest BCUT2D eigenvalue weighted by molar-refractivity contribution is 0.0996. The number of amides is 1. The van der Waals surface area contributed by atoms with Gasteiger partial charge in [0, 0.05) is 5.39 Å². The van der Waals surface area contributed by atoms with Crippen molar-refractivity contribution in [3.63, 3.8) is 0 Å². The Morgan fingerprint density at radius 2 is 2.00 bits per heavy atom. The van der Waals surface area contributed by atoms with Crippen molar-refractivity contribution in [2.24, 2.45) is 5.73 Å². The summed E-state index contributed by atoms with van der Waals surface area (Å²) in [6.07, 6.45) is 0. The number of hydrogen-bond acceptors (Lipinski definition) is 3. The van der Waals surface area contributed by atoms with Crippen LogP contribution in [-0.4, -0.2) is 16.0 Å². The Labute approximate surface area is 84.2 Å². The first kappa shape index (κ1) is 9.26. The van der Waals surface area contributed by atoms with Gasteiger partial charge in [-0.05, 0) is 12.1 Å². The highest BCUT2D eigenvalue weighted by Gasteiger charge is 2.15. The SMILES string of the molecule is NC(=O)c1c(O)c2ccccc2[nH]c1=O. The molecule has 0 aliphatic heterocycles. The zero-order chi connectivity index (χ0) is 11.0. The minimum absolute atomic E-state index is 0.373. The van der Waals surface area contributed by atoms with Crippen LogP contribution in [0.5, 0.6) is 5.75 Å². The van der Waals surface area contributed by atoms with Gasteiger partial charge in [0.25, 0.3) is 11.5 Å². The van der Waals surface area contributed by atoms with Gasteiger partial charge in [-0.2, -0.15) is 0 Å². The Hall–Kier alpha value is -2.30. The Morgan fingerprint density at radius 3 is 2.67 bits per heavy atom. The first-order valence-corrected chi connectivity index (χ1v) is 4.25. The van der Waals surface area contributed by atoms with Gasteiger partial charge in [-0.1, -0.05) is 12.1 Å². The van der Waals surface area contributed by atoms with E-state index in [1.165, 1.54) is 0 Å². The van der Waals surface area contributed by atoms with Gasteiger partial charge in [-0.3, -0.25) is 9.59 Å². The van der Waals surface area contributed by atoms with Crippen LogP contribution in [0, 0.1) is 0 Å². The van der Waals surface area contributed by atoms with Crippen LogP contribution in [0.3, 0.4) is 0 Å². The predicted molar refractivity (Wildman–Crippen MR) is 54.8 cm³/mol. The monoisotopic (exact) mass is 204 g/mol. The van der Waals surface area contributed by atoms with Crippen LogP contribution in [0.25, 0.3) is 10.9 Å². The Kier molecular flexibility index (Phi) is 1.93. The number of carbonyl (C=O) groups excluding carboxylic acids is 1. The van der Waals surface area contributed by atoms with E-state index in [9.17, 15) is 14.7 Å². The highest BCUT2D eigenvalue weighted by molar-refractivity contribution is 6.01. The molecule has 0 bridgehead atoms. The van der Waals surface area contributed by atoms with Crippen molar-refractivity contribution in [1.29, 1.82) is 0 Å². The topological polar surface area (TPSA) is 96.2 Å². The Balaban J connectivity index is 2.97. The van der Waals surface area contributed by atoms with Gasteiger partial charge in [-0.25, -0.2) is 0 Å². The van der Waals surface area contributed by atoms with Crippen molar-refractivity contribution in [2.75, 3.05) is 0 Å². The predicted octanol–water partition coefficient (Wildman–Crippen LogP) is 0.333. The molecule has 0 saturated heterocycles. The number of benzene rings is 1. The van der Waals surface area contributed by atoms with E-state index in [0.29, 0.717) is 10.9 Å². The molecular weight excluding hydrogens is 196 g/mol. The second kappa shape index (κ2) is 3.13. The third-order valence-electron chi connectivity index (χ3n) is 2.14. The number of fused-ring (bicyclic) bond motifs is 1. The van der Waals surface area contributed by atoms with Gasteiger partial charge >= 0.3 is 0 Å². The number of pyridine rings is 1. The molecule has 0 radical (unpaired) electrons. The maximum atomic E-state index is 11.4. The molecule has 0 aliphatic carbocycles. The van der Waals surface area contributed by atoms with E-state index in [4.69, 9.17) is 5.73 Å². The van der Waals surface area contributed by atoms with E-state index in [1.807, 2.05) is 0 Å². The summed E-state index contributed by atoms with van der Waals surface area (Å²) in [4.78, 5) is 24.8. The summed E-state index contributed by atoms with van der Waals surface area (Å²) in [5, 5.41) is 10.1. The molecule has 4 N–H and O–H groups in total. The summed E-state index contributed by atoms with van der Waals surface area (Å²) in [5.74, 6) is -1.32. The largest absolute Gasteiger partial charge is 0.506 e. The lowest BCUT2D eigenvalue weighted by atomic mass is 10.1. The standard InChI is InChI=1S/C10H8N2O3/c11-9(14)7-8(13)5-3-1-2-4-6(5)12-10(7)15/h1-4H,(H2,11,14)(H2,12,13,15). The molecule has 0 fully saturated rings. The molecule has 0 unspecified atom stereocenters. The fraction of sp³-hybridized carbons (Fsp3) is 0. The number of rotatable bonds is 1. The molecule has 5 nitrogen and oxygen atoms in total. The summed E-state index contributed by atoms with van der Waals surface area (Å²) >= 11 is 0. The molecule has 0 aliphatic rings. The lowest BCUT2D eigenvalue weighted by Gasteiger charge is -2.03. The van der Waals surface area contributed by atoms with E-state index in [0.717, 1.165) is 0 Å². The maximum absolute atomic E-state index is 11.4. The van der Waals surface area contributed by atoms with Gasteiger partial charge in [0.05, 0.1) is 5.52 Å². The van der Waals surface area contributed by atoms with Gasteiger partial charge in [0.2, 0.25) is 0 Å². The fourth-order valence-electron chi connectivity index (χ4n) is 1.45. The zero-order valence-electron chi connectivity index (χ0n) is 7.65. The molecule has 2 rings (SSSR count). The quantitative estimate of drug-likeness (QED) is 0.624. The van der Waals surface area contributed by atoms with E-state index in [2.05, 4.69) is 4.98 Å². The fourth-order valence-corrected chi connectivity index (χ4v) is 1.45. The van der Waals surface area contributed by atoms with Crippen LogP contribution in [0.4, 0.5) is 0 Å². The molecule has 0 saturated carbocycles. The van der Waals surface area contributed by atoms with Crippen molar-refractivity contribution < 1.29 is 9.90 Å². The van der Waals surface area contributed by atoms with Crippen LogP contribution in [0.1, 0.15) is 10.4 Å². The van der Waals surface area contributed by atoms with Crippen molar-refractivity contribution in [1.82, 2.24) is 4.98 Å². The molecule has 2 aromatic rings. The molecule has 0 atom stereocenters. The van der Waals surface area contributed by atoms with Crippen molar-refractivity contribution in [2.45, 2.75) is 0 Å². The molecule has 15 heavy (non-hydrogen) atoms. The summed E-state index contributed by atoms with van der Waals surface area (Å²) < 4.78 is 0. The highest BCUT2D eigenvalue weighted by Crippen LogP contribution is 2.23. The van der Waals surface area contributed by atoms with Crippen LogP contribution in [0.15, 0.2) is 29.1 Å². The number of hydrogen-bond donors (Lipinski definition) is 3. The van der Waals surface area contributed by atoms with E-state index >= 15 is 0 Å². The summed E-state index contributed by atoms with van der Waals surface area (Å²) in [5.41, 5.74) is 4.36. The van der Waals surface area contributed by atoms with E-state index in [1.54, 1.807) is 24.3 Å². The molecule has 5 heteroatoms. The molecule has 76 valence electrons. The van der Waals surface area contributed by atoms with Crippen LogP contribution >= 0.6 is 0 Å². The lowest BCUT2D eigenvalue weighted by Crippen LogP contribution is -2.23. The molecule has 1 heterocycles. The van der Waals surface area contributed by atoms with Crippen LogP contribution in [0.2, 0.25) is 0 Å². The smallest absolute Gasteiger partial charge is 0.265 e. The number of aromatic amines is 1. The first-order valence-electron chi connectivity index (χ1n) is 4.25. The normalized spacial score (nSPS) is 10.4. The third-order valence-corrected chi connectivity index (χ3v) is 2.14. The summed E-state index contributed by atoms with van der Waals surface area (Å²) in [6.45, 7) is 0. The van der Waals surface area contributed by atoms with Crippen molar-refractivity contribution >= 4 is 16.8 Å². The zero-order valence-corrected chi connectivity index (χ0v) is 7.65. The summed E-state index contributed by atoms with van der Waals surface area (Å²) in [7, 11) is 0. The Bertz CT molecular complexity index is 601.